The van der Waals surface area contributed by atoms with E-state index in [1.807, 2.05) is 60.1 Å². The van der Waals surface area contributed by atoms with Gasteiger partial charge in [-0.25, -0.2) is 4.98 Å². The van der Waals surface area contributed by atoms with Gasteiger partial charge in [-0.2, -0.15) is 0 Å². The van der Waals surface area contributed by atoms with Crippen LogP contribution in [0, 0.1) is 10.1 Å². The Morgan fingerprint density at radius 2 is 1.82 bits per heavy atom. The number of benzene rings is 2. The molecule has 3 heterocycles. The van der Waals surface area contributed by atoms with Crippen LogP contribution in [0.1, 0.15) is 26.6 Å². The van der Waals surface area contributed by atoms with Gasteiger partial charge in [0.1, 0.15) is 10.8 Å². The zero-order valence-corrected chi connectivity index (χ0v) is 22.2. The Morgan fingerprint density at radius 1 is 1.03 bits per heavy atom. The van der Waals surface area contributed by atoms with Crippen LogP contribution in [0.5, 0.6) is 5.75 Å². The van der Waals surface area contributed by atoms with Crippen molar-refractivity contribution in [3.63, 3.8) is 0 Å². The third kappa shape index (κ3) is 5.82. The molecule has 0 fully saturated rings. The minimum atomic E-state index is -0.469. The summed E-state index contributed by atoms with van der Waals surface area (Å²) >= 11 is 3.18. The minimum Gasteiger partial charge on any atom is -0.497 e. The minimum absolute atomic E-state index is 0.0440. The number of ether oxygens (including phenoxy) is 1. The summed E-state index contributed by atoms with van der Waals surface area (Å²) in [5.74, 6) is 0.620. The molecule has 5 rings (SSSR count). The molecule has 0 aliphatic rings. The Morgan fingerprint density at radius 3 is 2.50 bits per heavy atom. The average molecular weight is 545 g/mol. The van der Waals surface area contributed by atoms with Crippen molar-refractivity contribution in [2.24, 2.45) is 0 Å². The summed E-state index contributed by atoms with van der Waals surface area (Å²) in [6, 6.07) is 21.5. The van der Waals surface area contributed by atoms with E-state index in [-0.39, 0.29) is 11.6 Å². The molecule has 0 saturated carbocycles. The summed E-state index contributed by atoms with van der Waals surface area (Å²) in [4.78, 5) is 31.7. The van der Waals surface area contributed by atoms with Gasteiger partial charge < -0.3 is 14.2 Å². The number of carbonyl (C=O) groups excluding carboxylic acids is 1. The van der Waals surface area contributed by atoms with Crippen LogP contribution in [0.25, 0.3) is 10.6 Å². The van der Waals surface area contributed by atoms with Crippen LogP contribution in [0.15, 0.2) is 89.8 Å². The first-order chi connectivity index (χ1) is 18.5. The van der Waals surface area contributed by atoms with Crippen LogP contribution >= 0.6 is 22.7 Å². The van der Waals surface area contributed by atoms with Gasteiger partial charge in [0.2, 0.25) is 0 Å². The number of aromatic nitrogens is 2. The molecule has 0 radical (unpaired) electrons. The van der Waals surface area contributed by atoms with Crippen LogP contribution < -0.4 is 4.74 Å². The van der Waals surface area contributed by atoms with Crippen molar-refractivity contribution in [2.75, 3.05) is 7.11 Å². The van der Waals surface area contributed by atoms with Gasteiger partial charge in [0.05, 0.1) is 37.4 Å². The van der Waals surface area contributed by atoms with Crippen molar-refractivity contribution in [3.05, 3.63) is 122 Å². The third-order valence-electron chi connectivity index (χ3n) is 6.04. The van der Waals surface area contributed by atoms with Gasteiger partial charge in [-0.3, -0.25) is 14.9 Å². The molecule has 3 aromatic heterocycles. The summed E-state index contributed by atoms with van der Waals surface area (Å²) < 4.78 is 7.34. The van der Waals surface area contributed by atoms with Crippen molar-refractivity contribution in [3.8, 4) is 16.3 Å². The maximum Gasteiger partial charge on any atom is 0.269 e. The number of carbonyl (C=O) groups is 1. The number of methoxy groups -OCH3 is 1. The number of nitro benzene ring substituents is 1. The van der Waals surface area contributed by atoms with E-state index in [2.05, 4.69) is 9.95 Å². The molecule has 0 aliphatic heterocycles. The number of thiophene rings is 1. The molecular weight excluding hydrogens is 520 g/mol. The zero-order chi connectivity index (χ0) is 26.5. The number of thiazole rings is 1. The number of rotatable bonds is 10. The molecule has 10 heteroatoms. The van der Waals surface area contributed by atoms with Crippen LogP contribution in [-0.2, 0) is 19.6 Å². The van der Waals surface area contributed by atoms with E-state index < -0.39 is 4.92 Å². The number of hydrogen-bond donors (Lipinski definition) is 0. The number of hydrogen-bond acceptors (Lipinski definition) is 7. The summed E-state index contributed by atoms with van der Waals surface area (Å²) in [6.07, 6.45) is 1.99. The second-order valence-electron chi connectivity index (χ2n) is 8.54. The molecular formula is C28H24N4O4S2. The molecule has 5 aromatic rings. The smallest absolute Gasteiger partial charge is 0.269 e. The molecule has 0 bridgehead atoms. The third-order valence-corrected chi connectivity index (χ3v) is 7.84. The van der Waals surface area contributed by atoms with E-state index >= 15 is 0 Å². The summed E-state index contributed by atoms with van der Waals surface area (Å²) in [5.41, 5.74) is 3.30. The van der Waals surface area contributed by atoms with Gasteiger partial charge in [-0.1, -0.05) is 6.07 Å². The quantitative estimate of drug-likeness (QED) is 0.148. The van der Waals surface area contributed by atoms with Crippen LogP contribution in [0.4, 0.5) is 5.69 Å². The highest BCUT2D eigenvalue weighted by molar-refractivity contribution is 7.13. The molecule has 0 unspecified atom stereocenters. The number of nitrogens with zero attached hydrogens (tertiary/aromatic N) is 4. The second kappa shape index (κ2) is 11.4. The van der Waals surface area contributed by atoms with Crippen molar-refractivity contribution in [2.45, 2.75) is 19.6 Å². The SMILES string of the molecule is COc1ccc(-c2nc(Cn3cccc3CN(Cc3cccs3)C(=O)c3ccc([N+](=O)[O-])cc3)cs2)cc1. The van der Waals surface area contributed by atoms with E-state index in [4.69, 9.17) is 9.72 Å². The van der Waals surface area contributed by atoms with Crippen LogP contribution in [0.3, 0.4) is 0 Å². The molecule has 8 nitrogen and oxygen atoms in total. The first kappa shape index (κ1) is 25.4. The highest BCUT2D eigenvalue weighted by Crippen LogP contribution is 2.26. The van der Waals surface area contributed by atoms with Crippen LogP contribution in [0.2, 0.25) is 0 Å². The van der Waals surface area contributed by atoms with Gasteiger partial charge in [0, 0.05) is 45.4 Å². The molecule has 2 aromatic carbocycles. The molecule has 1 amide bonds. The first-order valence-corrected chi connectivity index (χ1v) is 13.5. The standard InChI is InChI=1S/C28H24N4O4S2/c1-36-25-12-8-20(9-13-25)27-29-22(19-38-27)16-30-14-2-4-24(30)17-31(18-26-5-3-15-37-26)28(33)21-6-10-23(11-7-21)32(34)35/h2-15,19H,16-18H2,1H3. The molecule has 192 valence electrons. The number of non-ortho nitro benzene ring substituents is 1. The van der Waals surface area contributed by atoms with Gasteiger partial charge in [-0.15, -0.1) is 22.7 Å². The van der Waals surface area contributed by atoms with Crippen molar-refractivity contribution >= 4 is 34.3 Å². The van der Waals surface area contributed by atoms with Gasteiger partial charge in [-0.05, 0) is 60.0 Å². The monoisotopic (exact) mass is 544 g/mol. The first-order valence-electron chi connectivity index (χ1n) is 11.8. The maximum absolute atomic E-state index is 13.5. The predicted octanol–water partition coefficient (Wildman–Crippen LogP) is 6.48. The lowest BCUT2D eigenvalue weighted by Crippen LogP contribution is -2.30. The Balaban J connectivity index is 1.35. The number of amides is 1. The lowest BCUT2D eigenvalue weighted by atomic mass is 10.1. The van der Waals surface area contributed by atoms with Crippen LogP contribution in [-0.4, -0.2) is 32.4 Å². The number of nitro groups is 1. The Kier molecular flexibility index (Phi) is 7.62. The topological polar surface area (TPSA) is 90.5 Å². The summed E-state index contributed by atoms with van der Waals surface area (Å²) in [6.45, 7) is 1.40. The highest BCUT2D eigenvalue weighted by atomic mass is 32.1. The Hall–Kier alpha value is -4.28. The van der Waals surface area contributed by atoms with E-state index in [1.54, 1.807) is 34.7 Å². The van der Waals surface area contributed by atoms with E-state index in [1.165, 1.54) is 24.3 Å². The molecule has 38 heavy (non-hydrogen) atoms. The van der Waals surface area contributed by atoms with E-state index in [0.29, 0.717) is 25.2 Å². The van der Waals surface area contributed by atoms with Crippen molar-refractivity contribution < 1.29 is 14.5 Å². The molecule has 0 saturated heterocycles. The molecule has 0 atom stereocenters. The normalized spacial score (nSPS) is 10.9. The summed E-state index contributed by atoms with van der Waals surface area (Å²) in [5, 5.41) is 16.0. The maximum atomic E-state index is 13.5. The second-order valence-corrected chi connectivity index (χ2v) is 10.4. The highest BCUT2D eigenvalue weighted by Gasteiger charge is 2.20. The van der Waals surface area contributed by atoms with Crippen molar-refractivity contribution in [1.29, 1.82) is 0 Å². The molecule has 0 spiro atoms. The largest absolute Gasteiger partial charge is 0.497 e. The zero-order valence-electron chi connectivity index (χ0n) is 20.5. The van der Waals surface area contributed by atoms with E-state index in [9.17, 15) is 14.9 Å². The molecule has 0 aliphatic carbocycles. The van der Waals surface area contributed by atoms with E-state index in [0.717, 1.165) is 32.6 Å². The average Bonchev–Trinajstić information content (AvgIpc) is 3.72. The Bertz CT molecular complexity index is 1520. The van der Waals surface area contributed by atoms with Crippen molar-refractivity contribution in [1.82, 2.24) is 14.5 Å². The fourth-order valence-corrected chi connectivity index (χ4v) is 5.60. The fourth-order valence-electron chi connectivity index (χ4n) is 4.06. The fraction of sp³-hybridized carbons (Fsp3) is 0.143. The Labute approximate surface area is 227 Å². The van der Waals surface area contributed by atoms with Gasteiger partial charge >= 0.3 is 0 Å². The predicted molar refractivity (Wildman–Crippen MR) is 149 cm³/mol. The van der Waals surface area contributed by atoms with Gasteiger partial charge in [0.15, 0.2) is 0 Å². The van der Waals surface area contributed by atoms with Gasteiger partial charge in [0.25, 0.3) is 11.6 Å². The summed E-state index contributed by atoms with van der Waals surface area (Å²) in [7, 11) is 1.65. The molecule has 0 N–H and O–H groups in total. The lowest BCUT2D eigenvalue weighted by Gasteiger charge is -2.23. The lowest BCUT2D eigenvalue weighted by molar-refractivity contribution is -0.384.